The Kier molecular flexibility index (Phi) is 5.17. The van der Waals surface area contributed by atoms with Crippen LogP contribution >= 0.6 is 0 Å². The number of amides is 1. The fourth-order valence-corrected chi connectivity index (χ4v) is 1.13. The summed E-state index contributed by atoms with van der Waals surface area (Å²) >= 11 is 0. The Hall–Kier alpha value is -1.73. The molecular formula is C12H16N2O2. The first kappa shape index (κ1) is 12.3. The predicted molar refractivity (Wildman–Crippen MR) is 61.5 cm³/mol. The van der Waals surface area contributed by atoms with Crippen molar-refractivity contribution in [1.29, 1.82) is 0 Å². The molecule has 0 aliphatic rings. The Morgan fingerprint density at radius 3 is 3.06 bits per heavy atom. The van der Waals surface area contributed by atoms with Gasteiger partial charge in [-0.2, -0.15) is 0 Å². The number of carbonyl (C=O) groups is 1. The molecule has 0 aromatic carbocycles. The van der Waals surface area contributed by atoms with Crippen molar-refractivity contribution in [1.82, 2.24) is 10.6 Å². The average molecular weight is 220 g/mol. The van der Waals surface area contributed by atoms with Crippen LogP contribution in [0.1, 0.15) is 19.6 Å². The van der Waals surface area contributed by atoms with E-state index in [4.69, 9.17) is 4.42 Å². The highest BCUT2D eigenvalue weighted by Gasteiger charge is 2.10. The van der Waals surface area contributed by atoms with E-state index in [2.05, 4.69) is 22.5 Å². The third-order valence-electron chi connectivity index (χ3n) is 2.08. The second-order valence-corrected chi connectivity index (χ2v) is 3.33. The lowest BCUT2D eigenvalue weighted by Crippen LogP contribution is -2.41. The Labute approximate surface area is 95.4 Å². The number of rotatable bonds is 5. The van der Waals surface area contributed by atoms with Crippen LogP contribution in [0, 0.1) is 11.8 Å². The first-order chi connectivity index (χ1) is 7.74. The van der Waals surface area contributed by atoms with E-state index in [1.807, 2.05) is 6.07 Å². The highest BCUT2D eigenvalue weighted by molar-refractivity contribution is 5.81. The van der Waals surface area contributed by atoms with Gasteiger partial charge in [0.15, 0.2) is 0 Å². The van der Waals surface area contributed by atoms with Crippen LogP contribution in [0.15, 0.2) is 22.8 Å². The summed E-state index contributed by atoms with van der Waals surface area (Å²) in [5.74, 6) is 6.28. The van der Waals surface area contributed by atoms with E-state index in [9.17, 15) is 4.79 Å². The van der Waals surface area contributed by atoms with E-state index in [0.29, 0.717) is 13.1 Å². The third-order valence-corrected chi connectivity index (χ3v) is 2.08. The van der Waals surface area contributed by atoms with E-state index in [1.54, 1.807) is 26.2 Å². The number of hydrogen-bond acceptors (Lipinski definition) is 3. The summed E-state index contributed by atoms with van der Waals surface area (Å²) < 4.78 is 5.10. The van der Waals surface area contributed by atoms with Crippen LogP contribution < -0.4 is 10.6 Å². The van der Waals surface area contributed by atoms with Crippen LogP contribution in [0.3, 0.4) is 0 Å². The summed E-state index contributed by atoms with van der Waals surface area (Å²) in [7, 11) is 0. The largest absolute Gasteiger partial charge is 0.467 e. The van der Waals surface area contributed by atoms with Crippen molar-refractivity contribution in [3.63, 3.8) is 0 Å². The number of hydrogen-bond donors (Lipinski definition) is 2. The lowest BCUT2D eigenvalue weighted by atomic mass is 10.3. The van der Waals surface area contributed by atoms with Gasteiger partial charge in [0.2, 0.25) is 5.91 Å². The van der Waals surface area contributed by atoms with Gasteiger partial charge < -0.3 is 9.73 Å². The molecule has 1 aromatic rings. The van der Waals surface area contributed by atoms with Crippen LogP contribution in [0.25, 0.3) is 0 Å². The molecule has 1 aromatic heterocycles. The summed E-state index contributed by atoms with van der Waals surface area (Å²) in [5, 5.41) is 5.77. The van der Waals surface area contributed by atoms with E-state index in [0.717, 1.165) is 5.76 Å². The summed E-state index contributed by atoms with van der Waals surface area (Å²) in [5.41, 5.74) is 0. The predicted octanol–water partition coefficient (Wildman–Crippen LogP) is 0.897. The molecule has 0 saturated carbocycles. The summed E-state index contributed by atoms with van der Waals surface area (Å²) in [6.07, 6.45) is 1.58. The Morgan fingerprint density at radius 1 is 1.62 bits per heavy atom. The average Bonchev–Trinajstić information content (AvgIpc) is 2.79. The van der Waals surface area contributed by atoms with Gasteiger partial charge in [-0.05, 0) is 26.0 Å². The standard InChI is InChI=1S/C12H16N2O2/c1-3-4-7-13-10(2)12(15)14-9-11-6-5-8-16-11/h5-6,8,10,13H,7,9H2,1-2H3,(H,14,15). The molecule has 1 unspecified atom stereocenters. The molecule has 0 fully saturated rings. The normalized spacial score (nSPS) is 11.4. The molecule has 0 saturated heterocycles. The van der Waals surface area contributed by atoms with Crippen molar-refractivity contribution in [2.24, 2.45) is 0 Å². The fourth-order valence-electron chi connectivity index (χ4n) is 1.13. The van der Waals surface area contributed by atoms with Crippen molar-refractivity contribution in [3.05, 3.63) is 24.2 Å². The Morgan fingerprint density at radius 2 is 2.44 bits per heavy atom. The maximum atomic E-state index is 11.6. The number of furan rings is 1. The third kappa shape index (κ3) is 4.20. The van der Waals surface area contributed by atoms with Crippen molar-refractivity contribution >= 4 is 5.91 Å². The zero-order valence-electron chi connectivity index (χ0n) is 9.54. The maximum Gasteiger partial charge on any atom is 0.237 e. The molecule has 1 atom stereocenters. The van der Waals surface area contributed by atoms with Gasteiger partial charge in [0.1, 0.15) is 5.76 Å². The molecule has 86 valence electrons. The highest BCUT2D eigenvalue weighted by atomic mass is 16.3. The molecule has 0 aliphatic carbocycles. The van der Waals surface area contributed by atoms with Gasteiger partial charge >= 0.3 is 0 Å². The van der Waals surface area contributed by atoms with E-state index >= 15 is 0 Å². The molecular weight excluding hydrogens is 204 g/mol. The SMILES string of the molecule is CC#CCNC(C)C(=O)NCc1ccco1. The maximum absolute atomic E-state index is 11.6. The van der Waals surface area contributed by atoms with Crippen molar-refractivity contribution in [2.75, 3.05) is 6.54 Å². The van der Waals surface area contributed by atoms with Crippen molar-refractivity contribution < 1.29 is 9.21 Å². The topological polar surface area (TPSA) is 54.3 Å². The molecule has 0 bridgehead atoms. The second kappa shape index (κ2) is 6.70. The molecule has 0 aliphatic heterocycles. The minimum absolute atomic E-state index is 0.0608. The van der Waals surface area contributed by atoms with Crippen LogP contribution in [0.5, 0.6) is 0 Å². The van der Waals surface area contributed by atoms with Gasteiger partial charge in [0.25, 0.3) is 0 Å². The minimum Gasteiger partial charge on any atom is -0.467 e. The second-order valence-electron chi connectivity index (χ2n) is 3.33. The quantitative estimate of drug-likeness (QED) is 0.725. The summed E-state index contributed by atoms with van der Waals surface area (Å²) in [6.45, 7) is 4.50. The lowest BCUT2D eigenvalue weighted by molar-refractivity contribution is -0.122. The van der Waals surface area contributed by atoms with Crippen molar-refractivity contribution in [3.8, 4) is 11.8 Å². The van der Waals surface area contributed by atoms with E-state index in [1.165, 1.54) is 0 Å². The molecule has 2 N–H and O–H groups in total. The first-order valence-corrected chi connectivity index (χ1v) is 5.17. The van der Waals surface area contributed by atoms with E-state index < -0.39 is 0 Å². The van der Waals surface area contributed by atoms with Gasteiger partial charge in [0.05, 0.1) is 25.4 Å². The molecule has 4 heteroatoms. The summed E-state index contributed by atoms with van der Waals surface area (Å²) in [6, 6.07) is 3.36. The van der Waals surface area contributed by atoms with Crippen LogP contribution in [0.4, 0.5) is 0 Å². The number of carbonyl (C=O) groups excluding carboxylic acids is 1. The Balaban J connectivity index is 2.25. The lowest BCUT2D eigenvalue weighted by Gasteiger charge is -2.11. The first-order valence-electron chi connectivity index (χ1n) is 5.17. The molecule has 16 heavy (non-hydrogen) atoms. The van der Waals surface area contributed by atoms with Gasteiger partial charge in [-0.25, -0.2) is 0 Å². The van der Waals surface area contributed by atoms with Gasteiger partial charge in [-0.15, -0.1) is 5.92 Å². The summed E-state index contributed by atoms with van der Waals surface area (Å²) in [4.78, 5) is 11.6. The van der Waals surface area contributed by atoms with Crippen LogP contribution in [-0.2, 0) is 11.3 Å². The number of nitrogens with one attached hydrogen (secondary N) is 2. The molecule has 0 spiro atoms. The minimum atomic E-state index is -0.254. The van der Waals surface area contributed by atoms with E-state index in [-0.39, 0.29) is 11.9 Å². The molecule has 0 radical (unpaired) electrons. The van der Waals surface area contributed by atoms with Gasteiger partial charge in [-0.1, -0.05) is 5.92 Å². The van der Waals surface area contributed by atoms with Crippen LogP contribution in [-0.4, -0.2) is 18.5 Å². The zero-order chi connectivity index (χ0) is 11.8. The van der Waals surface area contributed by atoms with Gasteiger partial charge in [0, 0.05) is 0 Å². The molecule has 1 rings (SSSR count). The van der Waals surface area contributed by atoms with Gasteiger partial charge in [-0.3, -0.25) is 10.1 Å². The monoisotopic (exact) mass is 220 g/mol. The smallest absolute Gasteiger partial charge is 0.237 e. The molecule has 1 amide bonds. The molecule has 4 nitrogen and oxygen atoms in total. The highest BCUT2D eigenvalue weighted by Crippen LogP contribution is 1.98. The van der Waals surface area contributed by atoms with Crippen molar-refractivity contribution in [2.45, 2.75) is 26.4 Å². The Bertz CT molecular complexity index is 373. The zero-order valence-corrected chi connectivity index (χ0v) is 9.54. The van der Waals surface area contributed by atoms with Crippen LogP contribution in [0.2, 0.25) is 0 Å². The molecule has 1 heterocycles. The fraction of sp³-hybridized carbons (Fsp3) is 0.417.